The van der Waals surface area contributed by atoms with Crippen molar-refractivity contribution in [3.05, 3.63) is 102 Å². The number of nitrogens with zero attached hydrogens (tertiary/aromatic N) is 1. The van der Waals surface area contributed by atoms with Crippen LogP contribution >= 0.6 is 0 Å². The first-order valence-electron chi connectivity index (χ1n) is 11.7. The first kappa shape index (κ1) is 21.2. The minimum Gasteiger partial charge on any atom is -0.440 e. The number of oxazole rings is 1. The summed E-state index contributed by atoms with van der Waals surface area (Å²) in [5.41, 5.74) is 10.2. The number of hydrogen-bond donors (Lipinski definition) is 1. The summed E-state index contributed by atoms with van der Waals surface area (Å²) in [6.45, 7) is 0. The highest BCUT2D eigenvalue weighted by atomic mass is 16.4. The van der Waals surface area contributed by atoms with E-state index in [4.69, 9.17) is 15.1 Å². The fraction of sp³-hybridized carbons (Fsp3) is 0.241. The second-order valence-electron chi connectivity index (χ2n) is 8.86. The topological polar surface area (TPSA) is 69.1 Å². The fourth-order valence-corrected chi connectivity index (χ4v) is 5.06. The molecule has 2 N–H and O–H groups in total. The second-order valence-corrected chi connectivity index (χ2v) is 8.86. The first-order valence-corrected chi connectivity index (χ1v) is 11.7. The molecule has 166 valence electrons. The molecule has 1 aliphatic carbocycles. The average molecular weight is 437 g/mol. The Morgan fingerprint density at radius 2 is 1.58 bits per heavy atom. The van der Waals surface area contributed by atoms with Crippen LogP contribution in [-0.4, -0.2) is 10.9 Å². The van der Waals surface area contributed by atoms with Crippen LogP contribution in [0.25, 0.3) is 22.6 Å². The quantitative estimate of drug-likeness (QED) is 0.354. The van der Waals surface area contributed by atoms with Gasteiger partial charge in [0.15, 0.2) is 11.7 Å². The molecule has 1 fully saturated rings. The van der Waals surface area contributed by atoms with E-state index in [-0.39, 0.29) is 5.92 Å². The van der Waals surface area contributed by atoms with Crippen LogP contribution in [0.2, 0.25) is 0 Å². The molecule has 1 aromatic heterocycles. The minimum atomic E-state index is -0.393. The maximum absolute atomic E-state index is 11.8. The Hall–Kier alpha value is -3.66. The third-order valence-electron chi connectivity index (χ3n) is 6.72. The van der Waals surface area contributed by atoms with E-state index in [1.54, 1.807) is 6.07 Å². The second kappa shape index (κ2) is 9.45. The van der Waals surface area contributed by atoms with Crippen LogP contribution in [0.4, 0.5) is 0 Å². The maximum Gasteiger partial charge on any atom is 0.248 e. The zero-order valence-electron chi connectivity index (χ0n) is 18.6. The fourth-order valence-electron chi connectivity index (χ4n) is 5.06. The maximum atomic E-state index is 11.8. The van der Waals surface area contributed by atoms with Crippen LogP contribution in [0.15, 0.2) is 89.3 Å². The lowest BCUT2D eigenvalue weighted by atomic mass is 9.82. The third-order valence-corrected chi connectivity index (χ3v) is 6.72. The molecule has 0 spiro atoms. The van der Waals surface area contributed by atoms with E-state index in [9.17, 15) is 4.79 Å². The molecule has 3 aromatic carbocycles. The predicted octanol–water partition coefficient (Wildman–Crippen LogP) is 6.62. The molecule has 4 heteroatoms. The summed E-state index contributed by atoms with van der Waals surface area (Å²) in [6, 6.07) is 28.1. The van der Waals surface area contributed by atoms with Gasteiger partial charge in [-0.1, -0.05) is 85.6 Å². The molecule has 4 aromatic rings. The standard InChI is InChI=1S/C29H28N2O2/c30-29(32)24-17-9-16-23(18-24)25(20-10-7-8-11-20)19-26-31-27(21-12-3-1-4-13-21)28(33-26)22-14-5-2-6-15-22/h1-6,9,12-18,20,25H,7-8,10-11,19H2,(H2,30,32). The SMILES string of the molecule is NC(=O)c1cccc(C(Cc2nc(-c3ccccc3)c(-c3ccccc3)o2)C2CCCC2)c1. The number of hydrogen-bond acceptors (Lipinski definition) is 3. The Kier molecular flexibility index (Phi) is 6.07. The number of rotatable bonds is 7. The molecule has 0 radical (unpaired) electrons. The number of aromatic nitrogens is 1. The molecule has 5 rings (SSSR count). The van der Waals surface area contributed by atoms with Gasteiger partial charge < -0.3 is 10.2 Å². The predicted molar refractivity (Wildman–Crippen MR) is 131 cm³/mol. The van der Waals surface area contributed by atoms with Crippen LogP contribution in [0.5, 0.6) is 0 Å². The molecule has 0 saturated heterocycles. The van der Waals surface area contributed by atoms with E-state index in [0.717, 1.165) is 34.0 Å². The Morgan fingerprint density at radius 1 is 0.909 bits per heavy atom. The van der Waals surface area contributed by atoms with Crippen molar-refractivity contribution in [2.75, 3.05) is 0 Å². The summed E-state index contributed by atoms with van der Waals surface area (Å²) in [4.78, 5) is 16.8. The van der Waals surface area contributed by atoms with Crippen molar-refractivity contribution in [2.45, 2.75) is 38.0 Å². The van der Waals surface area contributed by atoms with E-state index in [2.05, 4.69) is 30.3 Å². The molecule has 1 atom stereocenters. The molecule has 33 heavy (non-hydrogen) atoms. The Labute approximate surface area is 194 Å². The van der Waals surface area contributed by atoms with Crippen molar-refractivity contribution in [2.24, 2.45) is 11.7 Å². The average Bonchev–Trinajstić information content (AvgIpc) is 3.54. The van der Waals surface area contributed by atoms with E-state index in [1.807, 2.05) is 48.5 Å². The molecular weight excluding hydrogens is 408 g/mol. The molecule has 1 amide bonds. The highest BCUT2D eigenvalue weighted by Gasteiger charge is 2.29. The monoisotopic (exact) mass is 436 g/mol. The van der Waals surface area contributed by atoms with E-state index in [1.165, 1.54) is 25.7 Å². The summed E-state index contributed by atoms with van der Waals surface area (Å²) >= 11 is 0. The number of benzene rings is 3. The number of carbonyl (C=O) groups is 1. The summed E-state index contributed by atoms with van der Waals surface area (Å²) in [5.74, 6) is 1.91. The normalized spacial score (nSPS) is 14.9. The Bertz CT molecular complexity index is 1170. The molecule has 1 unspecified atom stereocenters. The minimum absolute atomic E-state index is 0.234. The van der Waals surface area contributed by atoms with Gasteiger partial charge in [-0.15, -0.1) is 0 Å². The van der Waals surface area contributed by atoms with Gasteiger partial charge in [0.1, 0.15) is 5.69 Å². The molecule has 0 bridgehead atoms. The summed E-state index contributed by atoms with van der Waals surface area (Å²) in [5, 5.41) is 0. The van der Waals surface area contributed by atoms with Gasteiger partial charge in [-0.3, -0.25) is 4.79 Å². The van der Waals surface area contributed by atoms with Crippen molar-refractivity contribution < 1.29 is 9.21 Å². The van der Waals surface area contributed by atoms with Crippen molar-refractivity contribution >= 4 is 5.91 Å². The van der Waals surface area contributed by atoms with Gasteiger partial charge in [-0.05, 0) is 42.4 Å². The van der Waals surface area contributed by atoms with Crippen LogP contribution in [0.3, 0.4) is 0 Å². The zero-order chi connectivity index (χ0) is 22.6. The molecule has 0 aliphatic heterocycles. The van der Waals surface area contributed by atoms with Crippen LogP contribution in [0, 0.1) is 5.92 Å². The zero-order valence-corrected chi connectivity index (χ0v) is 18.6. The lowest BCUT2D eigenvalue weighted by Crippen LogP contribution is -2.16. The van der Waals surface area contributed by atoms with E-state index >= 15 is 0 Å². The van der Waals surface area contributed by atoms with Crippen molar-refractivity contribution in [1.82, 2.24) is 4.98 Å². The van der Waals surface area contributed by atoms with Crippen molar-refractivity contribution in [3.8, 4) is 22.6 Å². The van der Waals surface area contributed by atoms with Gasteiger partial charge in [-0.25, -0.2) is 4.98 Å². The number of amides is 1. The summed E-state index contributed by atoms with van der Waals surface area (Å²) in [7, 11) is 0. The third kappa shape index (κ3) is 4.61. The number of nitrogens with two attached hydrogens (primary N) is 1. The lowest BCUT2D eigenvalue weighted by molar-refractivity contribution is 0.1000. The summed E-state index contributed by atoms with van der Waals surface area (Å²) < 4.78 is 6.44. The van der Waals surface area contributed by atoms with Crippen molar-refractivity contribution in [1.29, 1.82) is 0 Å². The number of primary amides is 1. The van der Waals surface area contributed by atoms with Gasteiger partial charge in [0.2, 0.25) is 5.91 Å². The molecular formula is C29H28N2O2. The number of carbonyl (C=O) groups excluding carboxylic acids is 1. The van der Waals surface area contributed by atoms with Gasteiger partial charge in [0.05, 0.1) is 0 Å². The van der Waals surface area contributed by atoms with Crippen LogP contribution in [0.1, 0.15) is 53.4 Å². The van der Waals surface area contributed by atoms with Crippen LogP contribution in [-0.2, 0) is 6.42 Å². The van der Waals surface area contributed by atoms with Crippen LogP contribution < -0.4 is 5.73 Å². The summed E-state index contributed by atoms with van der Waals surface area (Å²) in [6.07, 6.45) is 5.55. The largest absolute Gasteiger partial charge is 0.440 e. The molecule has 1 saturated carbocycles. The highest BCUT2D eigenvalue weighted by Crippen LogP contribution is 2.41. The van der Waals surface area contributed by atoms with Gasteiger partial charge in [0.25, 0.3) is 0 Å². The lowest BCUT2D eigenvalue weighted by Gasteiger charge is -2.23. The van der Waals surface area contributed by atoms with Gasteiger partial charge in [-0.2, -0.15) is 0 Å². The van der Waals surface area contributed by atoms with Gasteiger partial charge >= 0.3 is 0 Å². The Balaban J connectivity index is 1.55. The molecule has 1 aliphatic rings. The first-order chi connectivity index (χ1) is 16.2. The van der Waals surface area contributed by atoms with Gasteiger partial charge in [0, 0.05) is 23.1 Å². The smallest absolute Gasteiger partial charge is 0.248 e. The molecule has 1 heterocycles. The highest BCUT2D eigenvalue weighted by molar-refractivity contribution is 5.92. The Morgan fingerprint density at radius 3 is 2.24 bits per heavy atom. The van der Waals surface area contributed by atoms with E-state index in [0.29, 0.717) is 17.9 Å². The van der Waals surface area contributed by atoms with E-state index < -0.39 is 5.91 Å². The van der Waals surface area contributed by atoms with Crippen molar-refractivity contribution in [3.63, 3.8) is 0 Å². The molecule has 4 nitrogen and oxygen atoms in total.